The Bertz CT molecular complexity index is 1190. The number of benzene rings is 3. The second-order valence-electron chi connectivity index (χ2n) is 7.05. The van der Waals surface area contributed by atoms with Crippen LogP contribution in [0.5, 0.6) is 0 Å². The molecule has 0 saturated heterocycles. The summed E-state index contributed by atoms with van der Waals surface area (Å²) in [6.07, 6.45) is 0. The highest BCUT2D eigenvalue weighted by molar-refractivity contribution is 9.10. The molecule has 1 heterocycles. The minimum absolute atomic E-state index is 0.173. The van der Waals surface area contributed by atoms with Crippen LogP contribution in [0.25, 0.3) is 10.2 Å². The van der Waals surface area contributed by atoms with Crippen molar-refractivity contribution in [3.63, 3.8) is 0 Å². The standard InChI is InChI=1S/C25H23BrN2O2S/c1-2-30-16-15-28-21-14-13-20(26)17-22(21)31-25(28)27-24(29)23(18-9-5-3-6-10-18)19-11-7-4-8-12-19/h3-14,17,23H,2,15-16H2,1H3. The predicted molar refractivity (Wildman–Crippen MR) is 129 cm³/mol. The highest BCUT2D eigenvalue weighted by Gasteiger charge is 2.22. The monoisotopic (exact) mass is 494 g/mol. The lowest BCUT2D eigenvalue weighted by molar-refractivity contribution is -0.118. The van der Waals surface area contributed by atoms with Crippen molar-refractivity contribution in [2.75, 3.05) is 13.2 Å². The number of hydrogen-bond acceptors (Lipinski definition) is 3. The number of hydrogen-bond donors (Lipinski definition) is 0. The number of fused-ring (bicyclic) bond motifs is 1. The molecule has 0 aliphatic rings. The van der Waals surface area contributed by atoms with Crippen molar-refractivity contribution in [1.29, 1.82) is 0 Å². The quantitative estimate of drug-likeness (QED) is 0.306. The molecule has 0 bridgehead atoms. The van der Waals surface area contributed by atoms with Gasteiger partial charge in [-0.1, -0.05) is 87.9 Å². The first-order chi connectivity index (χ1) is 15.2. The number of nitrogens with zero attached hydrogens (tertiary/aromatic N) is 2. The van der Waals surface area contributed by atoms with Crippen LogP contribution < -0.4 is 4.80 Å². The number of halogens is 1. The molecule has 0 fully saturated rings. The molecule has 0 saturated carbocycles. The zero-order valence-corrected chi connectivity index (χ0v) is 19.6. The maximum absolute atomic E-state index is 13.5. The van der Waals surface area contributed by atoms with Crippen molar-refractivity contribution in [2.45, 2.75) is 19.4 Å². The maximum atomic E-state index is 13.5. The Morgan fingerprint density at radius 1 is 1.03 bits per heavy atom. The van der Waals surface area contributed by atoms with Gasteiger partial charge >= 0.3 is 0 Å². The van der Waals surface area contributed by atoms with E-state index in [1.807, 2.05) is 73.7 Å². The Labute approximate surface area is 194 Å². The second kappa shape index (κ2) is 10.2. The number of carbonyl (C=O) groups is 1. The first-order valence-corrected chi connectivity index (χ1v) is 11.8. The van der Waals surface area contributed by atoms with E-state index < -0.39 is 5.92 Å². The van der Waals surface area contributed by atoms with Crippen LogP contribution in [-0.4, -0.2) is 23.7 Å². The number of aromatic nitrogens is 1. The normalized spacial score (nSPS) is 12.0. The van der Waals surface area contributed by atoms with E-state index >= 15 is 0 Å². The van der Waals surface area contributed by atoms with Crippen LogP contribution in [0.4, 0.5) is 0 Å². The van der Waals surface area contributed by atoms with E-state index in [0.717, 1.165) is 25.8 Å². The number of rotatable bonds is 7. The van der Waals surface area contributed by atoms with Crippen molar-refractivity contribution in [2.24, 2.45) is 4.99 Å². The lowest BCUT2D eigenvalue weighted by Gasteiger charge is -2.14. The van der Waals surface area contributed by atoms with Gasteiger partial charge in [-0.3, -0.25) is 4.79 Å². The third-order valence-electron chi connectivity index (χ3n) is 5.03. The van der Waals surface area contributed by atoms with Gasteiger partial charge in [0.15, 0.2) is 4.80 Å². The Balaban J connectivity index is 1.81. The number of amides is 1. The minimum atomic E-state index is -0.445. The van der Waals surface area contributed by atoms with Crippen molar-refractivity contribution in [1.82, 2.24) is 4.57 Å². The molecule has 0 unspecified atom stereocenters. The maximum Gasteiger partial charge on any atom is 0.260 e. The van der Waals surface area contributed by atoms with Crippen molar-refractivity contribution in [3.8, 4) is 0 Å². The van der Waals surface area contributed by atoms with E-state index in [9.17, 15) is 4.79 Å². The van der Waals surface area contributed by atoms with Crippen molar-refractivity contribution >= 4 is 43.4 Å². The summed E-state index contributed by atoms with van der Waals surface area (Å²) in [4.78, 5) is 18.8. The smallest absolute Gasteiger partial charge is 0.260 e. The molecule has 6 heteroatoms. The van der Waals surface area contributed by atoms with Gasteiger partial charge in [-0.15, -0.1) is 0 Å². The molecule has 158 valence electrons. The Morgan fingerprint density at radius 3 is 2.29 bits per heavy atom. The molecule has 0 atom stereocenters. The van der Waals surface area contributed by atoms with Gasteiger partial charge in [-0.25, -0.2) is 0 Å². The largest absolute Gasteiger partial charge is 0.380 e. The van der Waals surface area contributed by atoms with Gasteiger partial charge in [0.2, 0.25) is 0 Å². The number of ether oxygens (including phenoxy) is 1. The average Bonchev–Trinajstić information content (AvgIpc) is 3.11. The topological polar surface area (TPSA) is 43.6 Å². The van der Waals surface area contributed by atoms with Crippen LogP contribution in [0.3, 0.4) is 0 Å². The van der Waals surface area contributed by atoms with Crippen LogP contribution in [0.1, 0.15) is 24.0 Å². The van der Waals surface area contributed by atoms with E-state index in [-0.39, 0.29) is 5.91 Å². The highest BCUT2D eigenvalue weighted by atomic mass is 79.9. The van der Waals surface area contributed by atoms with Crippen LogP contribution in [-0.2, 0) is 16.1 Å². The summed E-state index contributed by atoms with van der Waals surface area (Å²) >= 11 is 5.06. The average molecular weight is 495 g/mol. The van der Waals surface area contributed by atoms with Crippen molar-refractivity contribution in [3.05, 3.63) is 99.3 Å². The fourth-order valence-electron chi connectivity index (χ4n) is 3.58. The first-order valence-electron chi connectivity index (χ1n) is 10.2. The molecule has 0 aliphatic heterocycles. The summed E-state index contributed by atoms with van der Waals surface area (Å²) < 4.78 is 9.73. The van der Waals surface area contributed by atoms with E-state index in [1.54, 1.807) is 0 Å². The van der Waals surface area contributed by atoms with Crippen LogP contribution in [0, 0.1) is 0 Å². The molecule has 1 amide bonds. The molecule has 31 heavy (non-hydrogen) atoms. The summed E-state index contributed by atoms with van der Waals surface area (Å²) in [5.41, 5.74) is 2.93. The fraction of sp³-hybridized carbons (Fsp3) is 0.200. The molecular weight excluding hydrogens is 472 g/mol. The summed E-state index contributed by atoms with van der Waals surface area (Å²) in [7, 11) is 0. The molecule has 4 nitrogen and oxygen atoms in total. The summed E-state index contributed by atoms with van der Waals surface area (Å²) in [5, 5.41) is 0. The molecule has 3 aromatic carbocycles. The van der Waals surface area contributed by atoms with Gasteiger partial charge in [-0.05, 0) is 36.2 Å². The lowest BCUT2D eigenvalue weighted by Crippen LogP contribution is -2.22. The molecular formula is C25H23BrN2O2S. The zero-order chi connectivity index (χ0) is 21.6. The van der Waals surface area contributed by atoms with E-state index in [1.165, 1.54) is 11.3 Å². The lowest BCUT2D eigenvalue weighted by atomic mass is 9.91. The van der Waals surface area contributed by atoms with Crippen LogP contribution in [0.2, 0.25) is 0 Å². The highest BCUT2D eigenvalue weighted by Crippen LogP contribution is 2.27. The van der Waals surface area contributed by atoms with Gasteiger partial charge in [0.25, 0.3) is 5.91 Å². The molecule has 0 aliphatic carbocycles. The predicted octanol–water partition coefficient (Wildman–Crippen LogP) is 5.76. The van der Waals surface area contributed by atoms with Crippen LogP contribution in [0.15, 0.2) is 88.3 Å². The van der Waals surface area contributed by atoms with Crippen molar-refractivity contribution < 1.29 is 9.53 Å². The van der Waals surface area contributed by atoms with E-state index in [2.05, 4.69) is 37.6 Å². The Hall–Kier alpha value is -2.54. The summed E-state index contributed by atoms with van der Waals surface area (Å²) in [5.74, 6) is -0.618. The zero-order valence-electron chi connectivity index (χ0n) is 17.2. The fourth-order valence-corrected chi connectivity index (χ4v) is 5.19. The van der Waals surface area contributed by atoms with Gasteiger partial charge < -0.3 is 9.30 Å². The molecule has 0 spiro atoms. The molecule has 4 rings (SSSR count). The third-order valence-corrected chi connectivity index (χ3v) is 6.56. The first kappa shape index (κ1) is 21.7. The summed E-state index contributed by atoms with van der Waals surface area (Å²) in [6.45, 7) is 3.85. The van der Waals surface area contributed by atoms with E-state index in [0.29, 0.717) is 24.6 Å². The molecule has 1 aromatic heterocycles. The van der Waals surface area contributed by atoms with Gasteiger partial charge in [-0.2, -0.15) is 4.99 Å². The Morgan fingerprint density at radius 2 is 1.68 bits per heavy atom. The number of thiazole rings is 1. The second-order valence-corrected chi connectivity index (χ2v) is 8.97. The van der Waals surface area contributed by atoms with Crippen LogP contribution >= 0.6 is 27.3 Å². The SMILES string of the molecule is CCOCCn1c(=NC(=O)C(c2ccccc2)c2ccccc2)sc2cc(Br)ccc21. The number of carbonyl (C=O) groups excluding carboxylic acids is 1. The molecule has 0 N–H and O–H groups in total. The van der Waals surface area contributed by atoms with Gasteiger partial charge in [0.1, 0.15) is 0 Å². The molecule has 4 aromatic rings. The van der Waals surface area contributed by atoms with E-state index in [4.69, 9.17) is 4.74 Å². The molecule has 0 radical (unpaired) electrons. The minimum Gasteiger partial charge on any atom is -0.380 e. The Kier molecular flexibility index (Phi) is 7.12. The van der Waals surface area contributed by atoms with Gasteiger partial charge in [0, 0.05) is 17.6 Å². The van der Waals surface area contributed by atoms with Gasteiger partial charge in [0.05, 0.1) is 22.7 Å². The summed E-state index contributed by atoms with van der Waals surface area (Å²) in [6, 6.07) is 25.8. The third kappa shape index (κ3) is 5.03.